The predicted octanol–water partition coefficient (Wildman–Crippen LogP) is 3.05. The summed E-state index contributed by atoms with van der Waals surface area (Å²) >= 11 is 0. The van der Waals surface area contributed by atoms with Crippen molar-refractivity contribution in [3.05, 3.63) is 16.3 Å². The first-order valence-corrected chi connectivity index (χ1v) is 7.54. The minimum atomic E-state index is -0.436. The van der Waals surface area contributed by atoms with Crippen LogP contribution in [0.2, 0.25) is 0 Å². The molecule has 1 aliphatic carbocycles. The van der Waals surface area contributed by atoms with Crippen LogP contribution in [0.3, 0.4) is 0 Å². The lowest BCUT2D eigenvalue weighted by Crippen LogP contribution is -2.35. The van der Waals surface area contributed by atoms with E-state index in [9.17, 15) is 10.1 Å². The van der Waals surface area contributed by atoms with E-state index in [1.165, 1.54) is 12.6 Å². The topological polar surface area (TPSA) is 93.0 Å². The smallest absolute Gasteiger partial charge is 0.329 e. The van der Waals surface area contributed by atoms with Crippen molar-refractivity contribution in [3.8, 4) is 0 Å². The first-order chi connectivity index (χ1) is 10.0. The summed E-state index contributed by atoms with van der Waals surface area (Å²) in [6.45, 7) is 7.04. The second-order valence-corrected chi connectivity index (χ2v) is 5.73. The van der Waals surface area contributed by atoms with Gasteiger partial charge < -0.3 is 10.6 Å². The fraction of sp³-hybridized carbons (Fsp3) is 0.714. The Labute approximate surface area is 124 Å². The van der Waals surface area contributed by atoms with Crippen molar-refractivity contribution in [2.75, 3.05) is 17.2 Å². The van der Waals surface area contributed by atoms with Gasteiger partial charge in [-0.3, -0.25) is 10.1 Å². The number of hydrogen-bond donors (Lipinski definition) is 2. The fourth-order valence-electron chi connectivity index (χ4n) is 2.82. The van der Waals surface area contributed by atoms with Gasteiger partial charge in [-0.05, 0) is 25.2 Å². The van der Waals surface area contributed by atoms with E-state index in [1.807, 2.05) is 6.92 Å². The van der Waals surface area contributed by atoms with E-state index < -0.39 is 4.92 Å². The van der Waals surface area contributed by atoms with Crippen LogP contribution in [0.1, 0.15) is 40.0 Å². The Kier molecular flexibility index (Phi) is 4.93. The molecule has 7 heteroatoms. The standard InChI is InChI=1S/C14H23N5O2/c1-4-15-14-16-8-12(19(20)21)13(18-14)17-11-7-5-6-9(2)10(11)3/h8-11H,4-7H2,1-3H3,(H2,15,16,17,18). The third-order valence-corrected chi connectivity index (χ3v) is 4.33. The summed E-state index contributed by atoms with van der Waals surface area (Å²) in [7, 11) is 0. The SMILES string of the molecule is CCNc1ncc([N+](=O)[O-])c(NC2CCCC(C)C2C)n1. The summed E-state index contributed by atoms with van der Waals surface area (Å²) in [5.41, 5.74) is -0.0675. The molecule has 1 fully saturated rings. The molecule has 3 unspecified atom stereocenters. The molecular weight excluding hydrogens is 270 g/mol. The van der Waals surface area contributed by atoms with E-state index in [2.05, 4.69) is 34.4 Å². The molecule has 1 aliphatic rings. The summed E-state index contributed by atoms with van der Waals surface area (Å²) in [5, 5.41) is 17.4. The molecule has 0 amide bonds. The van der Waals surface area contributed by atoms with Crippen molar-refractivity contribution in [3.63, 3.8) is 0 Å². The zero-order chi connectivity index (χ0) is 15.4. The van der Waals surface area contributed by atoms with E-state index in [-0.39, 0.29) is 11.7 Å². The summed E-state index contributed by atoms with van der Waals surface area (Å²) in [6, 6.07) is 0.219. The van der Waals surface area contributed by atoms with Crippen molar-refractivity contribution in [2.24, 2.45) is 11.8 Å². The van der Waals surface area contributed by atoms with Gasteiger partial charge in [-0.2, -0.15) is 4.98 Å². The molecule has 0 aromatic carbocycles. The average Bonchev–Trinajstić information content (AvgIpc) is 2.44. The van der Waals surface area contributed by atoms with Crippen LogP contribution in [0, 0.1) is 22.0 Å². The number of nitro groups is 1. The van der Waals surface area contributed by atoms with E-state index in [4.69, 9.17) is 0 Å². The molecule has 0 bridgehead atoms. The van der Waals surface area contributed by atoms with E-state index in [1.54, 1.807) is 0 Å². The molecule has 21 heavy (non-hydrogen) atoms. The molecule has 116 valence electrons. The number of hydrogen-bond acceptors (Lipinski definition) is 6. The Morgan fingerprint density at radius 3 is 2.86 bits per heavy atom. The van der Waals surface area contributed by atoms with Crippen LogP contribution in [0.15, 0.2) is 6.20 Å². The quantitative estimate of drug-likeness (QED) is 0.640. The van der Waals surface area contributed by atoms with Crippen LogP contribution in [-0.2, 0) is 0 Å². The average molecular weight is 293 g/mol. The lowest BCUT2D eigenvalue weighted by molar-refractivity contribution is -0.384. The van der Waals surface area contributed by atoms with Gasteiger partial charge in [0.25, 0.3) is 0 Å². The minimum absolute atomic E-state index is 0.0675. The Hall–Kier alpha value is -1.92. The summed E-state index contributed by atoms with van der Waals surface area (Å²) in [5.74, 6) is 1.82. The zero-order valence-corrected chi connectivity index (χ0v) is 12.8. The summed E-state index contributed by atoms with van der Waals surface area (Å²) in [4.78, 5) is 18.9. The Morgan fingerprint density at radius 1 is 1.43 bits per heavy atom. The molecule has 0 aliphatic heterocycles. The number of aromatic nitrogens is 2. The highest BCUT2D eigenvalue weighted by Gasteiger charge is 2.29. The molecule has 3 atom stereocenters. The monoisotopic (exact) mass is 293 g/mol. The molecule has 2 N–H and O–H groups in total. The summed E-state index contributed by atoms with van der Waals surface area (Å²) < 4.78 is 0. The lowest BCUT2D eigenvalue weighted by Gasteiger charge is -2.34. The highest BCUT2D eigenvalue weighted by Crippen LogP contribution is 2.33. The number of anilines is 2. The Bertz CT molecular complexity index is 508. The third-order valence-electron chi connectivity index (χ3n) is 4.33. The second-order valence-electron chi connectivity index (χ2n) is 5.73. The van der Waals surface area contributed by atoms with Gasteiger partial charge in [-0.25, -0.2) is 4.98 Å². The molecule has 0 spiro atoms. The maximum absolute atomic E-state index is 11.1. The molecule has 1 heterocycles. The Balaban J connectivity index is 2.23. The normalized spacial score (nSPS) is 25.4. The van der Waals surface area contributed by atoms with Crippen LogP contribution in [0.5, 0.6) is 0 Å². The van der Waals surface area contributed by atoms with Crippen LogP contribution in [-0.4, -0.2) is 27.5 Å². The van der Waals surface area contributed by atoms with Crippen LogP contribution < -0.4 is 10.6 Å². The highest BCUT2D eigenvalue weighted by atomic mass is 16.6. The van der Waals surface area contributed by atoms with Gasteiger partial charge in [0.05, 0.1) is 4.92 Å². The van der Waals surface area contributed by atoms with E-state index in [0.717, 1.165) is 12.8 Å². The van der Waals surface area contributed by atoms with Crippen molar-refractivity contribution in [1.29, 1.82) is 0 Å². The van der Waals surface area contributed by atoms with Crippen molar-refractivity contribution < 1.29 is 4.92 Å². The molecule has 1 aromatic heterocycles. The Morgan fingerprint density at radius 2 is 2.19 bits per heavy atom. The van der Waals surface area contributed by atoms with Crippen LogP contribution >= 0.6 is 0 Å². The molecular formula is C14H23N5O2. The molecule has 0 saturated heterocycles. The maximum atomic E-state index is 11.1. The van der Waals surface area contributed by atoms with Gasteiger partial charge in [0, 0.05) is 12.6 Å². The van der Waals surface area contributed by atoms with Crippen molar-refractivity contribution >= 4 is 17.5 Å². The fourth-order valence-corrected chi connectivity index (χ4v) is 2.82. The van der Waals surface area contributed by atoms with E-state index >= 15 is 0 Å². The van der Waals surface area contributed by atoms with Crippen molar-refractivity contribution in [2.45, 2.75) is 46.1 Å². The second kappa shape index (κ2) is 6.69. The van der Waals surface area contributed by atoms with E-state index in [0.29, 0.717) is 30.1 Å². The first kappa shape index (κ1) is 15.5. The molecule has 7 nitrogen and oxygen atoms in total. The number of rotatable bonds is 5. The molecule has 2 rings (SSSR count). The third kappa shape index (κ3) is 3.59. The van der Waals surface area contributed by atoms with Gasteiger partial charge in [-0.15, -0.1) is 0 Å². The van der Waals surface area contributed by atoms with Gasteiger partial charge in [0.15, 0.2) is 0 Å². The lowest BCUT2D eigenvalue weighted by atomic mass is 9.78. The largest absolute Gasteiger partial charge is 0.361 e. The predicted molar refractivity (Wildman–Crippen MR) is 82.4 cm³/mol. The highest BCUT2D eigenvalue weighted by molar-refractivity contribution is 5.57. The number of nitrogens with one attached hydrogen (secondary N) is 2. The molecule has 0 radical (unpaired) electrons. The first-order valence-electron chi connectivity index (χ1n) is 7.54. The van der Waals surface area contributed by atoms with Gasteiger partial charge >= 0.3 is 5.69 Å². The molecule has 1 aromatic rings. The minimum Gasteiger partial charge on any atom is -0.361 e. The molecule has 1 saturated carbocycles. The van der Waals surface area contributed by atoms with Gasteiger partial charge in [-0.1, -0.05) is 26.7 Å². The van der Waals surface area contributed by atoms with Crippen molar-refractivity contribution in [1.82, 2.24) is 9.97 Å². The number of nitrogens with zero attached hydrogens (tertiary/aromatic N) is 3. The zero-order valence-electron chi connectivity index (χ0n) is 12.8. The maximum Gasteiger partial charge on any atom is 0.329 e. The van der Waals surface area contributed by atoms with Gasteiger partial charge in [0.1, 0.15) is 6.20 Å². The van der Waals surface area contributed by atoms with Crippen LogP contribution in [0.25, 0.3) is 0 Å². The van der Waals surface area contributed by atoms with Crippen LogP contribution in [0.4, 0.5) is 17.5 Å². The van der Waals surface area contributed by atoms with Gasteiger partial charge in [0.2, 0.25) is 11.8 Å². The summed E-state index contributed by atoms with van der Waals surface area (Å²) in [6.07, 6.45) is 4.64.